The SMILES string of the molecule is CCCCC/C=C\C/C=C\C/C=C\C=C\C(=O)CCCC(=O)OC[C@H](COP(=O)(O)OC[C@@H](O)COP(=O)(O)O)OC(=O)CCC/C=C\C/C=C\C/C=C\C/C=C\CCCCC. The molecule has 352 valence electrons. The maximum atomic E-state index is 12.6. The van der Waals surface area contributed by atoms with Crippen LogP contribution in [0.3, 0.4) is 0 Å². The fourth-order valence-corrected chi connectivity index (χ4v) is 6.21. The second-order valence-corrected chi connectivity index (χ2v) is 17.0. The smallest absolute Gasteiger partial charge is 0.462 e. The highest BCUT2D eigenvalue weighted by Crippen LogP contribution is 2.43. The topological polar surface area (TPSA) is 212 Å². The molecule has 0 bridgehead atoms. The first-order valence-corrected chi connectivity index (χ1v) is 24.9. The van der Waals surface area contributed by atoms with Crippen LogP contribution >= 0.6 is 15.6 Å². The summed E-state index contributed by atoms with van der Waals surface area (Å²) in [7, 11) is -9.78. The van der Waals surface area contributed by atoms with Gasteiger partial charge in [-0.1, -0.05) is 131 Å². The summed E-state index contributed by atoms with van der Waals surface area (Å²) in [6.07, 6.45) is 44.2. The summed E-state index contributed by atoms with van der Waals surface area (Å²) in [5.74, 6) is -1.53. The van der Waals surface area contributed by atoms with Gasteiger partial charge in [0.05, 0.1) is 19.8 Å². The summed E-state index contributed by atoms with van der Waals surface area (Å²) in [4.78, 5) is 64.9. The minimum absolute atomic E-state index is 0.000110. The predicted molar refractivity (Wildman–Crippen MR) is 244 cm³/mol. The molecule has 0 amide bonds. The Bertz CT molecular complexity index is 1520. The summed E-state index contributed by atoms with van der Waals surface area (Å²) in [5.41, 5.74) is 0. The van der Waals surface area contributed by atoms with Gasteiger partial charge in [0, 0.05) is 19.3 Å². The lowest BCUT2D eigenvalue weighted by Gasteiger charge is -2.20. The summed E-state index contributed by atoms with van der Waals surface area (Å²) in [6.45, 7) is 1.35. The van der Waals surface area contributed by atoms with Gasteiger partial charge in [0.1, 0.15) is 12.7 Å². The molecule has 0 radical (unpaired) electrons. The standard InChI is InChI=1S/C46H74O14P2/c1-3-5-7-9-11-13-15-17-18-19-20-22-24-26-28-30-32-36-46(50)60-44(41-59-62(54,55)58-39-43(48)38-57-61(51,52)53)40-56-45(49)37-33-35-42(47)34-31-29-27-25-23-21-16-14-12-10-8-6-4-2/h11-14,17-18,20-23,26-29,31,34,43-44,48H,3-10,15-16,19,24-25,30,32-33,35-41H2,1-2H3,(H,54,55)(H2,51,52,53)/b13-11-,14-12-,18-17-,22-20-,23-21-,28-26-,29-27-,34-31+/t43-,44+/m0/s1. The number of ketones is 1. The lowest BCUT2D eigenvalue weighted by atomic mass is 10.1. The number of hydrogen-bond donors (Lipinski definition) is 4. The first kappa shape index (κ1) is 58.7. The number of ether oxygens (including phenoxy) is 2. The molecule has 0 saturated carbocycles. The Hall–Kier alpha value is -3.29. The Morgan fingerprint density at radius 3 is 1.52 bits per heavy atom. The number of hydrogen-bond acceptors (Lipinski definition) is 11. The van der Waals surface area contributed by atoms with E-state index in [0.717, 1.165) is 44.9 Å². The second kappa shape index (κ2) is 40.5. The minimum Gasteiger partial charge on any atom is -0.462 e. The molecule has 1 unspecified atom stereocenters. The highest BCUT2D eigenvalue weighted by molar-refractivity contribution is 7.47. The molecule has 0 heterocycles. The van der Waals surface area contributed by atoms with Gasteiger partial charge in [-0.2, -0.15) is 0 Å². The minimum atomic E-state index is -4.90. The molecule has 62 heavy (non-hydrogen) atoms. The van der Waals surface area contributed by atoms with E-state index in [2.05, 4.69) is 83.7 Å². The van der Waals surface area contributed by atoms with Gasteiger partial charge in [-0.15, -0.1) is 0 Å². The van der Waals surface area contributed by atoms with Crippen molar-refractivity contribution in [2.75, 3.05) is 26.4 Å². The van der Waals surface area contributed by atoms with Gasteiger partial charge in [0.25, 0.3) is 0 Å². The van der Waals surface area contributed by atoms with E-state index in [-0.39, 0.29) is 31.5 Å². The molecular formula is C46H74O14P2. The molecule has 0 saturated heterocycles. The van der Waals surface area contributed by atoms with Crippen molar-refractivity contribution >= 4 is 33.4 Å². The van der Waals surface area contributed by atoms with Crippen molar-refractivity contribution in [1.29, 1.82) is 0 Å². The van der Waals surface area contributed by atoms with Crippen LogP contribution in [0, 0.1) is 0 Å². The largest absolute Gasteiger partial charge is 0.472 e. The van der Waals surface area contributed by atoms with E-state index >= 15 is 0 Å². The van der Waals surface area contributed by atoms with E-state index < -0.39 is 66.2 Å². The molecule has 0 fully saturated rings. The van der Waals surface area contributed by atoms with E-state index in [1.54, 1.807) is 12.2 Å². The molecule has 16 heteroatoms. The Morgan fingerprint density at radius 1 is 0.516 bits per heavy atom. The number of aliphatic hydroxyl groups excluding tert-OH is 1. The predicted octanol–water partition coefficient (Wildman–Crippen LogP) is 10.5. The lowest BCUT2D eigenvalue weighted by molar-refractivity contribution is -0.161. The monoisotopic (exact) mass is 912 g/mol. The van der Waals surface area contributed by atoms with Crippen molar-refractivity contribution in [3.05, 3.63) is 97.2 Å². The Morgan fingerprint density at radius 2 is 0.984 bits per heavy atom. The van der Waals surface area contributed by atoms with E-state index in [9.17, 15) is 33.5 Å². The van der Waals surface area contributed by atoms with Crippen molar-refractivity contribution in [2.45, 2.75) is 148 Å². The van der Waals surface area contributed by atoms with Crippen molar-refractivity contribution in [1.82, 2.24) is 0 Å². The number of aliphatic hydroxyl groups is 1. The number of unbranched alkanes of at least 4 members (excludes halogenated alkanes) is 7. The van der Waals surface area contributed by atoms with Gasteiger partial charge in [0.15, 0.2) is 11.9 Å². The van der Waals surface area contributed by atoms with Crippen LogP contribution in [-0.2, 0) is 46.6 Å². The van der Waals surface area contributed by atoms with Gasteiger partial charge in [-0.3, -0.25) is 28.0 Å². The van der Waals surface area contributed by atoms with Crippen molar-refractivity contribution < 1.29 is 66.3 Å². The fourth-order valence-electron chi connectivity index (χ4n) is 5.06. The van der Waals surface area contributed by atoms with Crippen LogP contribution < -0.4 is 0 Å². The van der Waals surface area contributed by atoms with Crippen LogP contribution in [0.5, 0.6) is 0 Å². The number of carbonyl (C=O) groups is 3. The number of allylic oxidation sites excluding steroid dienone is 16. The van der Waals surface area contributed by atoms with E-state index in [1.165, 1.54) is 44.6 Å². The van der Waals surface area contributed by atoms with Crippen molar-refractivity contribution in [3.63, 3.8) is 0 Å². The maximum Gasteiger partial charge on any atom is 0.472 e. The van der Waals surface area contributed by atoms with Crippen LogP contribution in [0.25, 0.3) is 0 Å². The normalized spacial score (nSPS) is 14.8. The summed E-state index contributed by atoms with van der Waals surface area (Å²) < 4.78 is 47.5. The third-order valence-corrected chi connectivity index (χ3v) is 9.85. The van der Waals surface area contributed by atoms with Crippen LogP contribution in [0.15, 0.2) is 97.2 Å². The van der Waals surface area contributed by atoms with Crippen molar-refractivity contribution in [2.24, 2.45) is 0 Å². The first-order valence-electron chi connectivity index (χ1n) is 21.9. The van der Waals surface area contributed by atoms with Gasteiger partial charge >= 0.3 is 27.6 Å². The molecule has 3 atom stereocenters. The van der Waals surface area contributed by atoms with Crippen LogP contribution in [0.2, 0.25) is 0 Å². The van der Waals surface area contributed by atoms with Crippen molar-refractivity contribution in [3.8, 4) is 0 Å². The molecular weight excluding hydrogens is 838 g/mol. The molecule has 0 aromatic heterocycles. The number of phosphoric ester groups is 2. The zero-order valence-electron chi connectivity index (χ0n) is 36.9. The van der Waals surface area contributed by atoms with Gasteiger partial charge in [0.2, 0.25) is 0 Å². The zero-order valence-corrected chi connectivity index (χ0v) is 38.7. The van der Waals surface area contributed by atoms with Crippen LogP contribution in [0.4, 0.5) is 0 Å². The van der Waals surface area contributed by atoms with E-state index in [0.29, 0.717) is 12.8 Å². The Kier molecular flexibility index (Phi) is 38.3. The molecule has 0 aliphatic heterocycles. The van der Waals surface area contributed by atoms with Crippen LogP contribution in [0.1, 0.15) is 136 Å². The highest BCUT2D eigenvalue weighted by Gasteiger charge is 2.28. The molecule has 0 aliphatic rings. The molecule has 0 aromatic rings. The molecule has 14 nitrogen and oxygen atoms in total. The summed E-state index contributed by atoms with van der Waals surface area (Å²) in [6, 6.07) is 0. The highest BCUT2D eigenvalue weighted by atomic mass is 31.2. The molecule has 0 aliphatic carbocycles. The summed E-state index contributed by atoms with van der Waals surface area (Å²) in [5, 5.41) is 9.74. The molecule has 0 aromatic carbocycles. The van der Waals surface area contributed by atoms with Crippen LogP contribution in [-0.4, -0.2) is 76.1 Å². The van der Waals surface area contributed by atoms with Gasteiger partial charge in [-0.05, 0) is 83.1 Å². The van der Waals surface area contributed by atoms with Gasteiger partial charge in [-0.25, -0.2) is 9.13 Å². The molecule has 4 N–H and O–H groups in total. The Balaban J connectivity index is 4.82. The number of phosphoric acid groups is 2. The Labute approximate surface area is 370 Å². The molecule has 0 rings (SSSR count). The average molecular weight is 913 g/mol. The number of esters is 2. The third-order valence-electron chi connectivity index (χ3n) is 8.41. The molecule has 0 spiro atoms. The number of rotatable bonds is 40. The van der Waals surface area contributed by atoms with Gasteiger partial charge < -0.3 is 29.3 Å². The number of carbonyl (C=O) groups excluding carboxylic acids is 3. The van der Waals surface area contributed by atoms with E-state index in [1.807, 2.05) is 18.2 Å². The lowest BCUT2D eigenvalue weighted by Crippen LogP contribution is -2.30. The summed E-state index contributed by atoms with van der Waals surface area (Å²) >= 11 is 0. The third kappa shape index (κ3) is 43.4. The maximum absolute atomic E-state index is 12.6. The van der Waals surface area contributed by atoms with E-state index in [4.69, 9.17) is 23.8 Å². The fraction of sp³-hybridized carbons (Fsp3) is 0.587. The first-order chi connectivity index (χ1) is 29.8. The average Bonchev–Trinajstić information content (AvgIpc) is 3.22. The zero-order chi connectivity index (χ0) is 46.0. The quantitative estimate of drug-likeness (QED) is 0.0112. The second-order valence-electron chi connectivity index (χ2n) is 14.3.